The van der Waals surface area contributed by atoms with Gasteiger partial charge >= 0.3 is 0 Å². The molecule has 0 aromatic heterocycles. The lowest BCUT2D eigenvalue weighted by atomic mass is 10.1. The van der Waals surface area contributed by atoms with Crippen LogP contribution in [-0.2, 0) is 4.79 Å². The van der Waals surface area contributed by atoms with Gasteiger partial charge in [-0.25, -0.2) is 4.39 Å². The topological polar surface area (TPSA) is 58.6 Å². The maximum Gasteiger partial charge on any atom is 0.253 e. The van der Waals surface area contributed by atoms with E-state index < -0.39 is 0 Å². The molecule has 0 heterocycles. The fourth-order valence-corrected chi connectivity index (χ4v) is 2.81. The Morgan fingerprint density at radius 3 is 2.59 bits per heavy atom. The summed E-state index contributed by atoms with van der Waals surface area (Å²) in [5.74, 6) is 0.591. The second-order valence-electron chi connectivity index (χ2n) is 6.92. The first-order valence-corrected chi connectivity index (χ1v) is 8.99. The third-order valence-electron chi connectivity index (χ3n) is 4.68. The number of nitrogens with one attached hydrogen (secondary N) is 1. The highest BCUT2D eigenvalue weighted by molar-refractivity contribution is 5.98. The smallest absolute Gasteiger partial charge is 0.253 e. The van der Waals surface area contributed by atoms with Crippen molar-refractivity contribution >= 4 is 17.5 Å². The van der Waals surface area contributed by atoms with E-state index in [1.165, 1.54) is 12.1 Å². The first kappa shape index (κ1) is 18.9. The molecule has 27 heavy (non-hydrogen) atoms. The molecular weight excluding hydrogens is 347 g/mol. The van der Waals surface area contributed by atoms with Crippen molar-refractivity contribution in [3.63, 3.8) is 0 Å². The molecule has 0 bridgehead atoms. The van der Waals surface area contributed by atoms with Gasteiger partial charge in [0.25, 0.3) is 5.91 Å². The standard InChI is InChI=1S/C21H23FN2O3/c1-14-12-19(14)20(25)23-17-5-3-4-15(13-17)21(26)24(2)10-11-27-18-8-6-16(22)7-9-18/h3-9,13-14,19H,10-12H2,1-2H3,(H,23,25). The van der Waals surface area contributed by atoms with Crippen LogP contribution in [0.3, 0.4) is 0 Å². The molecule has 0 radical (unpaired) electrons. The van der Waals surface area contributed by atoms with Crippen LogP contribution >= 0.6 is 0 Å². The molecule has 1 fully saturated rings. The summed E-state index contributed by atoms with van der Waals surface area (Å²) in [6.45, 7) is 2.73. The van der Waals surface area contributed by atoms with Gasteiger partial charge in [0.2, 0.25) is 5.91 Å². The van der Waals surface area contributed by atoms with Gasteiger partial charge in [-0.05, 0) is 54.8 Å². The normalized spacial score (nSPS) is 17.9. The van der Waals surface area contributed by atoms with Gasteiger partial charge in [-0.2, -0.15) is 0 Å². The summed E-state index contributed by atoms with van der Waals surface area (Å²) >= 11 is 0. The maximum atomic E-state index is 12.9. The molecule has 1 saturated carbocycles. The third kappa shape index (κ3) is 5.06. The van der Waals surface area contributed by atoms with Crippen LogP contribution in [0.15, 0.2) is 48.5 Å². The largest absolute Gasteiger partial charge is 0.492 e. The van der Waals surface area contributed by atoms with E-state index in [2.05, 4.69) is 5.32 Å². The zero-order valence-electron chi connectivity index (χ0n) is 15.4. The van der Waals surface area contributed by atoms with E-state index in [-0.39, 0.29) is 23.5 Å². The number of likely N-dealkylation sites (N-methyl/N-ethyl adjacent to an activating group) is 1. The highest BCUT2D eigenvalue weighted by Gasteiger charge is 2.39. The minimum absolute atomic E-state index is 0.00755. The van der Waals surface area contributed by atoms with Gasteiger partial charge in [0.1, 0.15) is 18.2 Å². The lowest BCUT2D eigenvalue weighted by Gasteiger charge is -2.18. The molecule has 2 amide bonds. The lowest BCUT2D eigenvalue weighted by molar-refractivity contribution is -0.117. The number of ether oxygens (including phenoxy) is 1. The van der Waals surface area contributed by atoms with E-state index in [4.69, 9.17) is 4.74 Å². The van der Waals surface area contributed by atoms with Gasteiger partial charge < -0.3 is 15.0 Å². The molecule has 2 unspecified atom stereocenters. The molecule has 0 aliphatic heterocycles. The van der Waals surface area contributed by atoms with Crippen LogP contribution in [0.25, 0.3) is 0 Å². The molecule has 2 atom stereocenters. The van der Waals surface area contributed by atoms with Crippen molar-refractivity contribution in [1.29, 1.82) is 0 Å². The van der Waals surface area contributed by atoms with Crippen LogP contribution in [0.5, 0.6) is 5.75 Å². The maximum absolute atomic E-state index is 12.9. The second-order valence-corrected chi connectivity index (χ2v) is 6.92. The lowest BCUT2D eigenvalue weighted by Crippen LogP contribution is -2.31. The zero-order valence-corrected chi connectivity index (χ0v) is 15.4. The Hall–Kier alpha value is -2.89. The molecule has 5 nitrogen and oxygen atoms in total. The molecular formula is C21H23FN2O3. The highest BCUT2D eigenvalue weighted by atomic mass is 19.1. The summed E-state index contributed by atoms with van der Waals surface area (Å²) in [4.78, 5) is 26.2. The number of benzene rings is 2. The van der Waals surface area contributed by atoms with E-state index in [0.29, 0.717) is 36.1 Å². The predicted octanol–water partition coefficient (Wildman–Crippen LogP) is 3.57. The molecule has 0 saturated heterocycles. The zero-order chi connectivity index (χ0) is 19.4. The summed E-state index contributed by atoms with van der Waals surface area (Å²) in [6.07, 6.45) is 0.918. The van der Waals surface area contributed by atoms with Crippen LogP contribution in [-0.4, -0.2) is 36.9 Å². The average Bonchev–Trinajstić information content (AvgIpc) is 3.40. The first-order valence-electron chi connectivity index (χ1n) is 8.99. The number of amides is 2. The first-order chi connectivity index (χ1) is 12.9. The number of carbonyl (C=O) groups is 2. The Labute approximate surface area is 158 Å². The summed E-state index contributed by atoms with van der Waals surface area (Å²) in [7, 11) is 1.69. The summed E-state index contributed by atoms with van der Waals surface area (Å²) in [6, 6.07) is 12.7. The molecule has 2 aromatic carbocycles. The molecule has 2 aromatic rings. The van der Waals surface area contributed by atoms with Gasteiger partial charge in [0, 0.05) is 24.2 Å². The van der Waals surface area contributed by atoms with Crippen LogP contribution in [0.2, 0.25) is 0 Å². The Kier molecular flexibility index (Phi) is 5.74. The van der Waals surface area contributed by atoms with E-state index in [9.17, 15) is 14.0 Å². The Bertz CT molecular complexity index is 822. The molecule has 1 aliphatic carbocycles. The van der Waals surface area contributed by atoms with Gasteiger partial charge in [-0.3, -0.25) is 9.59 Å². The van der Waals surface area contributed by atoms with E-state index in [0.717, 1.165) is 6.42 Å². The van der Waals surface area contributed by atoms with Crippen molar-refractivity contribution in [3.05, 3.63) is 59.9 Å². The van der Waals surface area contributed by atoms with Crippen molar-refractivity contribution in [2.45, 2.75) is 13.3 Å². The molecule has 6 heteroatoms. The average molecular weight is 370 g/mol. The van der Waals surface area contributed by atoms with E-state index in [1.54, 1.807) is 48.3 Å². The molecule has 142 valence electrons. The quantitative estimate of drug-likeness (QED) is 0.811. The SMILES string of the molecule is CC1CC1C(=O)Nc1cccc(C(=O)N(C)CCOc2ccc(F)cc2)c1. The predicted molar refractivity (Wildman–Crippen MR) is 101 cm³/mol. The second kappa shape index (κ2) is 8.20. The Morgan fingerprint density at radius 2 is 1.93 bits per heavy atom. The molecule has 1 N–H and O–H groups in total. The number of anilines is 1. The van der Waals surface area contributed by atoms with Crippen molar-refractivity contribution < 1.29 is 18.7 Å². The Balaban J connectivity index is 1.52. The number of nitrogens with zero attached hydrogens (tertiary/aromatic N) is 1. The van der Waals surface area contributed by atoms with Crippen LogP contribution in [0.1, 0.15) is 23.7 Å². The fraction of sp³-hybridized carbons (Fsp3) is 0.333. The monoisotopic (exact) mass is 370 g/mol. The number of halogens is 1. The number of hydrogen-bond donors (Lipinski definition) is 1. The van der Waals surface area contributed by atoms with E-state index >= 15 is 0 Å². The van der Waals surface area contributed by atoms with Crippen molar-refractivity contribution in [1.82, 2.24) is 4.90 Å². The number of carbonyl (C=O) groups excluding carboxylic acids is 2. The van der Waals surface area contributed by atoms with Crippen molar-refractivity contribution in [3.8, 4) is 5.75 Å². The molecule has 1 aliphatic rings. The van der Waals surface area contributed by atoms with Crippen LogP contribution < -0.4 is 10.1 Å². The molecule has 0 spiro atoms. The summed E-state index contributed by atoms with van der Waals surface area (Å²) in [5, 5.41) is 2.87. The van der Waals surface area contributed by atoms with Gasteiger partial charge in [0.05, 0.1) is 6.54 Å². The fourth-order valence-electron chi connectivity index (χ4n) is 2.81. The van der Waals surface area contributed by atoms with Crippen molar-refractivity contribution in [2.75, 3.05) is 25.5 Å². The highest BCUT2D eigenvalue weighted by Crippen LogP contribution is 2.38. The van der Waals surface area contributed by atoms with Gasteiger partial charge in [0.15, 0.2) is 0 Å². The van der Waals surface area contributed by atoms with Crippen LogP contribution in [0, 0.1) is 17.7 Å². The van der Waals surface area contributed by atoms with Gasteiger partial charge in [-0.1, -0.05) is 13.0 Å². The number of rotatable bonds is 7. The van der Waals surface area contributed by atoms with Crippen LogP contribution in [0.4, 0.5) is 10.1 Å². The minimum Gasteiger partial charge on any atom is -0.492 e. The minimum atomic E-state index is -0.322. The number of hydrogen-bond acceptors (Lipinski definition) is 3. The van der Waals surface area contributed by atoms with Crippen molar-refractivity contribution in [2.24, 2.45) is 11.8 Å². The summed E-state index contributed by atoms with van der Waals surface area (Å²) < 4.78 is 18.4. The van der Waals surface area contributed by atoms with Gasteiger partial charge in [-0.15, -0.1) is 0 Å². The molecule has 3 rings (SSSR count). The Morgan fingerprint density at radius 1 is 1.22 bits per heavy atom. The third-order valence-corrected chi connectivity index (χ3v) is 4.68. The van der Waals surface area contributed by atoms with E-state index in [1.807, 2.05) is 6.92 Å². The summed E-state index contributed by atoms with van der Waals surface area (Å²) in [5.41, 5.74) is 1.13.